The number of hydrogen-bond donors (Lipinski definition) is 4. The van der Waals surface area contributed by atoms with Crippen LogP contribution in [0.4, 0.5) is 0 Å². The summed E-state index contributed by atoms with van der Waals surface area (Å²) in [6.45, 7) is 0. The average Bonchev–Trinajstić information content (AvgIpc) is 3.31. The predicted molar refractivity (Wildman–Crippen MR) is 131 cm³/mol. The number of hydrogen-bond acceptors (Lipinski definition) is 5. The molecule has 1 aliphatic carbocycles. The molecule has 174 valence electrons. The van der Waals surface area contributed by atoms with E-state index in [0.717, 1.165) is 31.1 Å². The number of H-pyrrole nitrogens is 2. The van der Waals surface area contributed by atoms with Crippen LogP contribution in [-0.4, -0.2) is 25.0 Å². The van der Waals surface area contributed by atoms with Crippen molar-refractivity contribution < 1.29 is 14.6 Å². The topological polar surface area (TPSA) is 124 Å². The first kappa shape index (κ1) is 20.7. The molecule has 0 unspecified atom stereocenters. The molecule has 0 atom stereocenters. The molecule has 1 aliphatic rings. The molecule has 0 saturated heterocycles. The molecule has 2 aromatic carbocycles. The first-order chi connectivity index (χ1) is 16.5. The second-order valence-electron chi connectivity index (χ2n) is 9.20. The van der Waals surface area contributed by atoms with E-state index in [1.165, 1.54) is 43.5 Å². The third-order valence-corrected chi connectivity index (χ3v) is 7.01. The van der Waals surface area contributed by atoms with Crippen LogP contribution in [0, 0.1) is 0 Å². The highest BCUT2D eigenvalue weighted by Crippen LogP contribution is 2.41. The van der Waals surface area contributed by atoms with Crippen molar-refractivity contribution >= 4 is 33.1 Å². The molecule has 3 aromatic heterocycles. The van der Waals surface area contributed by atoms with Gasteiger partial charge < -0.3 is 19.6 Å². The summed E-state index contributed by atoms with van der Waals surface area (Å²) >= 11 is 0. The van der Waals surface area contributed by atoms with Crippen LogP contribution in [0.5, 0.6) is 11.5 Å². The van der Waals surface area contributed by atoms with Crippen molar-refractivity contribution in [2.75, 3.05) is 0 Å². The van der Waals surface area contributed by atoms with Crippen molar-refractivity contribution in [1.82, 2.24) is 14.8 Å². The minimum absolute atomic E-state index is 0.159. The Kier molecular flexibility index (Phi) is 4.76. The molecule has 34 heavy (non-hydrogen) atoms. The van der Waals surface area contributed by atoms with Gasteiger partial charge in [0.05, 0.1) is 16.9 Å². The van der Waals surface area contributed by atoms with Crippen LogP contribution in [0.2, 0.25) is 0 Å². The van der Waals surface area contributed by atoms with Gasteiger partial charge in [-0.3, -0.25) is 19.4 Å². The Morgan fingerprint density at radius 2 is 1.68 bits per heavy atom. The van der Waals surface area contributed by atoms with Gasteiger partial charge in [-0.2, -0.15) is 0 Å². The number of pyridine rings is 1. The monoisotopic (exact) mass is 459 g/mol. The standard InChI is InChI=1S/C26H25N3O5/c30-16-9-10-17-20(13-16)34-24-21(14-8-11-18(31)19(32)12-14)22-25(27-23(17)24)29(28-26(22)33)15-6-4-2-1-3-5-7-15/h8-13,15,27,31-32H,1-7H2,(H,28,33). The zero-order chi connectivity index (χ0) is 23.4. The number of rotatable bonds is 2. The van der Waals surface area contributed by atoms with Gasteiger partial charge in [0.15, 0.2) is 22.5 Å². The lowest BCUT2D eigenvalue weighted by molar-refractivity contribution is 0.353. The Hall–Kier alpha value is -3.94. The Bertz CT molecular complexity index is 1660. The number of benzene rings is 2. The fourth-order valence-electron chi connectivity index (χ4n) is 5.33. The highest BCUT2D eigenvalue weighted by atomic mass is 16.3. The number of phenolic OH excluding ortho intramolecular Hbond substituents is 2. The maximum atomic E-state index is 13.4. The van der Waals surface area contributed by atoms with Gasteiger partial charge in [-0.25, -0.2) is 0 Å². The quantitative estimate of drug-likeness (QED) is 0.267. The van der Waals surface area contributed by atoms with Crippen LogP contribution in [0.1, 0.15) is 51.0 Å². The zero-order valence-corrected chi connectivity index (χ0v) is 18.6. The van der Waals surface area contributed by atoms with E-state index in [9.17, 15) is 19.8 Å². The van der Waals surface area contributed by atoms with E-state index in [4.69, 9.17) is 4.42 Å². The van der Waals surface area contributed by atoms with Gasteiger partial charge in [0, 0.05) is 17.0 Å². The van der Waals surface area contributed by atoms with Crippen molar-refractivity contribution in [3.63, 3.8) is 0 Å². The van der Waals surface area contributed by atoms with Gasteiger partial charge in [0.25, 0.3) is 5.56 Å². The highest BCUT2D eigenvalue weighted by molar-refractivity contribution is 6.14. The molecule has 0 radical (unpaired) electrons. The smallest absolute Gasteiger partial charge is 0.274 e. The van der Waals surface area contributed by atoms with Crippen molar-refractivity contribution in [2.24, 2.45) is 0 Å². The van der Waals surface area contributed by atoms with Gasteiger partial charge in [0.2, 0.25) is 0 Å². The predicted octanol–water partition coefficient (Wildman–Crippen LogP) is 5.28. The lowest BCUT2D eigenvalue weighted by Crippen LogP contribution is -2.15. The second kappa shape index (κ2) is 7.83. The Morgan fingerprint density at radius 1 is 0.912 bits per heavy atom. The maximum Gasteiger partial charge on any atom is 0.274 e. The summed E-state index contributed by atoms with van der Waals surface area (Å²) in [5.41, 5.74) is 2.77. The molecule has 8 heteroatoms. The number of phenols is 2. The summed E-state index contributed by atoms with van der Waals surface area (Å²) in [4.78, 5) is 28.8. The maximum absolute atomic E-state index is 13.4. The molecular formula is C26H25N3O5. The zero-order valence-electron chi connectivity index (χ0n) is 18.6. The van der Waals surface area contributed by atoms with Crippen LogP contribution in [-0.2, 0) is 0 Å². The van der Waals surface area contributed by atoms with E-state index in [-0.39, 0.29) is 28.5 Å². The third-order valence-electron chi connectivity index (χ3n) is 7.01. The highest BCUT2D eigenvalue weighted by Gasteiger charge is 2.25. The van der Waals surface area contributed by atoms with Crippen LogP contribution < -0.4 is 11.0 Å². The van der Waals surface area contributed by atoms with E-state index in [1.807, 2.05) is 4.68 Å². The first-order valence-corrected chi connectivity index (χ1v) is 11.8. The number of furan rings is 1. The van der Waals surface area contributed by atoms with Crippen molar-refractivity contribution in [2.45, 2.75) is 51.0 Å². The van der Waals surface area contributed by atoms with Gasteiger partial charge in [-0.1, -0.05) is 38.2 Å². The van der Waals surface area contributed by atoms with Crippen LogP contribution in [0.25, 0.3) is 44.2 Å². The Balaban J connectivity index is 1.72. The van der Waals surface area contributed by atoms with Crippen molar-refractivity contribution in [3.8, 4) is 22.6 Å². The van der Waals surface area contributed by atoms with Crippen molar-refractivity contribution in [1.29, 1.82) is 0 Å². The Morgan fingerprint density at radius 3 is 2.44 bits per heavy atom. The van der Waals surface area contributed by atoms with Gasteiger partial charge in [-0.15, -0.1) is 0 Å². The fourth-order valence-corrected chi connectivity index (χ4v) is 5.33. The van der Waals surface area contributed by atoms with E-state index >= 15 is 0 Å². The van der Waals surface area contributed by atoms with Gasteiger partial charge >= 0.3 is 0 Å². The summed E-state index contributed by atoms with van der Waals surface area (Å²) in [5.74, 6) is -0.541. The van der Waals surface area contributed by atoms with Crippen LogP contribution >= 0.6 is 0 Å². The minimum Gasteiger partial charge on any atom is -0.504 e. The molecule has 1 saturated carbocycles. The van der Waals surface area contributed by atoms with Gasteiger partial charge in [-0.05, 0) is 42.7 Å². The summed E-state index contributed by atoms with van der Waals surface area (Å²) in [6, 6.07) is 9.24. The molecule has 1 fully saturated rings. The Labute approximate surface area is 193 Å². The number of aromatic nitrogens is 3. The molecule has 6 rings (SSSR count). The average molecular weight is 460 g/mol. The van der Waals surface area contributed by atoms with Crippen molar-refractivity contribution in [3.05, 3.63) is 57.0 Å². The van der Waals surface area contributed by atoms with E-state index in [1.54, 1.807) is 12.1 Å². The molecule has 0 spiro atoms. The second-order valence-corrected chi connectivity index (χ2v) is 9.20. The molecular weight excluding hydrogens is 434 g/mol. The normalized spacial score (nSPS) is 15.8. The van der Waals surface area contributed by atoms with Gasteiger partial charge in [0.1, 0.15) is 11.2 Å². The largest absolute Gasteiger partial charge is 0.504 e. The number of nitrogens with one attached hydrogen (secondary N) is 2. The fraction of sp³-hybridized carbons (Fsp3) is 0.308. The number of aromatic amines is 2. The molecule has 0 bridgehead atoms. The number of aromatic hydroxyl groups is 2. The molecule has 4 N–H and O–H groups in total. The van der Waals surface area contributed by atoms with E-state index in [0.29, 0.717) is 38.8 Å². The molecule has 5 aromatic rings. The van der Waals surface area contributed by atoms with E-state index in [2.05, 4.69) is 10.1 Å². The summed E-state index contributed by atoms with van der Waals surface area (Å²) in [5, 5.41) is 24.3. The van der Waals surface area contributed by atoms with E-state index < -0.39 is 0 Å². The summed E-state index contributed by atoms with van der Waals surface area (Å²) in [6.07, 6.45) is 7.80. The SMILES string of the molecule is O=c1ccc2c(c1)oc1c(-c3ccc(O)c(O)c3)c3c(=O)[nH]n(C4CCCCCCC4)c3[nH]c12. The summed E-state index contributed by atoms with van der Waals surface area (Å²) in [7, 11) is 0. The number of fused-ring (bicyclic) bond motifs is 4. The number of nitrogens with zero attached hydrogens (tertiary/aromatic N) is 1. The molecule has 0 amide bonds. The first-order valence-electron chi connectivity index (χ1n) is 11.8. The van der Waals surface area contributed by atoms with Crippen LogP contribution in [0.3, 0.4) is 0 Å². The summed E-state index contributed by atoms with van der Waals surface area (Å²) < 4.78 is 8.06. The van der Waals surface area contributed by atoms with Crippen LogP contribution in [0.15, 0.2) is 50.4 Å². The lowest BCUT2D eigenvalue weighted by atomic mass is 9.96. The molecule has 8 nitrogen and oxygen atoms in total. The third kappa shape index (κ3) is 3.21. The minimum atomic E-state index is -0.291. The molecule has 3 heterocycles. The lowest BCUT2D eigenvalue weighted by Gasteiger charge is -2.21. The molecule has 0 aliphatic heterocycles.